The van der Waals surface area contributed by atoms with E-state index in [1.54, 1.807) is 33.8 Å². The number of rotatable bonds is 4. The van der Waals surface area contributed by atoms with Crippen LogP contribution in [0, 0.1) is 17.0 Å². The van der Waals surface area contributed by atoms with Crippen LogP contribution in [-0.4, -0.2) is 51.3 Å². The number of nitro benzene ring substituents is 1. The van der Waals surface area contributed by atoms with Gasteiger partial charge in [0.15, 0.2) is 5.75 Å². The van der Waals surface area contributed by atoms with E-state index in [-0.39, 0.29) is 24.4 Å². The van der Waals surface area contributed by atoms with Gasteiger partial charge in [0, 0.05) is 12.5 Å². The van der Waals surface area contributed by atoms with E-state index in [0.717, 1.165) is 4.90 Å². The summed E-state index contributed by atoms with van der Waals surface area (Å²) < 4.78 is 10.9. The van der Waals surface area contributed by atoms with Gasteiger partial charge in [-0.15, -0.1) is 0 Å². The van der Waals surface area contributed by atoms with E-state index in [4.69, 9.17) is 9.47 Å². The molecule has 9 heteroatoms. The number of nitro groups is 1. The Hall–Kier alpha value is -2.84. The van der Waals surface area contributed by atoms with Crippen molar-refractivity contribution >= 4 is 17.7 Å². The summed E-state index contributed by atoms with van der Waals surface area (Å²) in [5.41, 5.74) is -0.267. The van der Waals surface area contributed by atoms with Crippen molar-refractivity contribution in [3.63, 3.8) is 0 Å². The summed E-state index contributed by atoms with van der Waals surface area (Å²) >= 11 is 0. The normalized spacial score (nSPS) is 19.9. The Morgan fingerprint density at radius 1 is 1.35 bits per heavy atom. The van der Waals surface area contributed by atoms with Crippen LogP contribution in [0.2, 0.25) is 0 Å². The van der Waals surface area contributed by atoms with E-state index in [1.807, 2.05) is 0 Å². The Kier molecular flexibility index (Phi) is 5.38. The van der Waals surface area contributed by atoms with Gasteiger partial charge in [-0.25, -0.2) is 9.59 Å². The molecule has 0 radical (unpaired) electrons. The standard InChI is InChI=1S/C17H22N2O7/c1-10-5-6-14(12(7-10)19(23)24)25-11-8-13(15(20)21)18(9-11)16(22)26-17(2,3)4/h5-7,11,13H,8-9H2,1-4H3,(H,20,21)/t11-,13+/m1/s1. The number of benzene rings is 1. The lowest BCUT2D eigenvalue weighted by atomic mass is 10.2. The molecule has 9 nitrogen and oxygen atoms in total. The van der Waals surface area contributed by atoms with Crippen LogP contribution in [0.3, 0.4) is 0 Å². The summed E-state index contributed by atoms with van der Waals surface area (Å²) in [4.78, 5) is 35.5. The maximum absolute atomic E-state index is 12.3. The third-order valence-corrected chi connectivity index (χ3v) is 3.78. The van der Waals surface area contributed by atoms with Crippen LogP contribution in [-0.2, 0) is 9.53 Å². The molecule has 1 amide bonds. The Labute approximate surface area is 150 Å². The summed E-state index contributed by atoms with van der Waals surface area (Å²) in [6, 6.07) is 3.40. The third kappa shape index (κ3) is 4.62. The molecular formula is C17H22N2O7. The second-order valence-corrected chi connectivity index (χ2v) is 7.19. The van der Waals surface area contributed by atoms with Crippen LogP contribution in [0.5, 0.6) is 5.75 Å². The van der Waals surface area contributed by atoms with Gasteiger partial charge in [-0.2, -0.15) is 0 Å². The highest BCUT2D eigenvalue weighted by molar-refractivity contribution is 5.81. The van der Waals surface area contributed by atoms with Gasteiger partial charge < -0.3 is 14.6 Å². The van der Waals surface area contributed by atoms with Gasteiger partial charge in [-0.3, -0.25) is 15.0 Å². The fraction of sp³-hybridized carbons (Fsp3) is 0.529. The van der Waals surface area contributed by atoms with Crippen LogP contribution in [0.25, 0.3) is 0 Å². The van der Waals surface area contributed by atoms with Crippen LogP contribution >= 0.6 is 0 Å². The average molecular weight is 366 g/mol. The van der Waals surface area contributed by atoms with Crippen molar-refractivity contribution in [3.8, 4) is 5.75 Å². The van der Waals surface area contributed by atoms with Gasteiger partial charge in [0.05, 0.1) is 11.5 Å². The number of carbonyl (C=O) groups excluding carboxylic acids is 1. The van der Waals surface area contributed by atoms with Gasteiger partial charge in [-0.05, 0) is 39.3 Å². The fourth-order valence-electron chi connectivity index (χ4n) is 2.69. The van der Waals surface area contributed by atoms with E-state index < -0.39 is 34.7 Å². The maximum Gasteiger partial charge on any atom is 0.411 e. The molecule has 0 unspecified atom stereocenters. The largest absolute Gasteiger partial charge is 0.482 e. The molecule has 0 aromatic heterocycles. The molecule has 1 aromatic carbocycles. The van der Waals surface area contributed by atoms with Crippen LogP contribution in [0.1, 0.15) is 32.8 Å². The number of ether oxygens (including phenoxy) is 2. The monoisotopic (exact) mass is 366 g/mol. The van der Waals surface area contributed by atoms with Gasteiger partial charge in [-0.1, -0.05) is 6.07 Å². The molecule has 0 aliphatic carbocycles. The topological polar surface area (TPSA) is 119 Å². The van der Waals surface area contributed by atoms with Crippen LogP contribution in [0.4, 0.5) is 10.5 Å². The van der Waals surface area contributed by atoms with Gasteiger partial charge in [0.25, 0.3) is 0 Å². The van der Waals surface area contributed by atoms with Crippen molar-refractivity contribution < 1.29 is 29.1 Å². The molecule has 142 valence electrons. The molecule has 1 fully saturated rings. The summed E-state index contributed by atoms with van der Waals surface area (Å²) in [5, 5.41) is 20.6. The minimum Gasteiger partial charge on any atom is -0.482 e. The number of nitrogens with zero attached hydrogens (tertiary/aromatic N) is 2. The molecule has 2 rings (SSSR count). The smallest absolute Gasteiger partial charge is 0.411 e. The number of carboxylic acid groups (broad SMARTS) is 1. The quantitative estimate of drug-likeness (QED) is 0.642. The van der Waals surface area contributed by atoms with Crippen molar-refractivity contribution in [2.24, 2.45) is 0 Å². The molecular weight excluding hydrogens is 344 g/mol. The Morgan fingerprint density at radius 2 is 2.00 bits per heavy atom. The van der Waals surface area contributed by atoms with E-state index in [0.29, 0.717) is 5.56 Å². The van der Waals surface area contributed by atoms with Crippen molar-refractivity contribution in [1.29, 1.82) is 0 Å². The second kappa shape index (κ2) is 7.19. The minimum atomic E-state index is -1.18. The third-order valence-electron chi connectivity index (χ3n) is 3.78. The Balaban J connectivity index is 2.19. The van der Waals surface area contributed by atoms with Crippen LogP contribution in [0.15, 0.2) is 18.2 Å². The highest BCUT2D eigenvalue weighted by atomic mass is 16.6. The summed E-state index contributed by atoms with van der Waals surface area (Å²) in [5.74, 6) is -1.14. The number of hydrogen-bond donors (Lipinski definition) is 1. The number of aliphatic carboxylic acids is 1. The van der Waals surface area contributed by atoms with Crippen molar-refractivity contribution in [1.82, 2.24) is 4.90 Å². The van der Waals surface area contributed by atoms with Gasteiger partial charge in [0.1, 0.15) is 17.7 Å². The first-order valence-corrected chi connectivity index (χ1v) is 8.12. The van der Waals surface area contributed by atoms with Crippen molar-refractivity contribution in [2.75, 3.05) is 6.54 Å². The summed E-state index contributed by atoms with van der Waals surface area (Å²) in [6.07, 6.45) is -1.43. The summed E-state index contributed by atoms with van der Waals surface area (Å²) in [6.45, 7) is 6.73. The zero-order valence-corrected chi connectivity index (χ0v) is 15.1. The molecule has 1 N–H and O–H groups in total. The van der Waals surface area contributed by atoms with Crippen molar-refractivity contribution in [3.05, 3.63) is 33.9 Å². The number of hydrogen-bond acceptors (Lipinski definition) is 6. The molecule has 1 aliphatic rings. The number of carboxylic acids is 1. The fourth-order valence-corrected chi connectivity index (χ4v) is 2.69. The zero-order valence-electron chi connectivity index (χ0n) is 15.1. The van der Waals surface area contributed by atoms with Crippen molar-refractivity contribution in [2.45, 2.75) is 51.9 Å². The SMILES string of the molecule is Cc1ccc(O[C@@H]2C[C@@H](C(=O)O)N(C(=O)OC(C)(C)C)C2)c([N+](=O)[O-])c1. The number of aryl methyl sites for hydroxylation is 1. The maximum atomic E-state index is 12.3. The Bertz CT molecular complexity index is 726. The van der Waals surface area contributed by atoms with E-state index in [2.05, 4.69) is 0 Å². The number of amides is 1. The second-order valence-electron chi connectivity index (χ2n) is 7.19. The molecule has 0 spiro atoms. The predicted octanol–water partition coefficient (Wildman–Crippen LogP) is 2.74. The van der Waals surface area contributed by atoms with Gasteiger partial charge in [0.2, 0.25) is 0 Å². The first-order chi connectivity index (χ1) is 12.0. The van der Waals surface area contributed by atoms with E-state index in [1.165, 1.54) is 12.1 Å². The molecule has 1 aliphatic heterocycles. The molecule has 1 heterocycles. The van der Waals surface area contributed by atoms with Gasteiger partial charge >= 0.3 is 17.7 Å². The molecule has 0 saturated carbocycles. The lowest BCUT2D eigenvalue weighted by Crippen LogP contribution is -2.43. The Morgan fingerprint density at radius 3 is 2.54 bits per heavy atom. The number of carbonyl (C=O) groups is 2. The average Bonchev–Trinajstić information content (AvgIpc) is 2.91. The lowest BCUT2D eigenvalue weighted by molar-refractivity contribution is -0.386. The molecule has 1 aromatic rings. The molecule has 26 heavy (non-hydrogen) atoms. The molecule has 0 bridgehead atoms. The van der Waals surface area contributed by atoms with Crippen LogP contribution < -0.4 is 4.74 Å². The lowest BCUT2D eigenvalue weighted by Gasteiger charge is -2.26. The zero-order chi connectivity index (χ0) is 19.6. The highest BCUT2D eigenvalue weighted by Crippen LogP contribution is 2.32. The first kappa shape index (κ1) is 19.5. The van der Waals surface area contributed by atoms with E-state index in [9.17, 15) is 24.8 Å². The summed E-state index contributed by atoms with van der Waals surface area (Å²) in [7, 11) is 0. The number of likely N-dealkylation sites (tertiary alicyclic amines) is 1. The highest BCUT2D eigenvalue weighted by Gasteiger charge is 2.43. The predicted molar refractivity (Wildman–Crippen MR) is 91.2 cm³/mol. The first-order valence-electron chi connectivity index (χ1n) is 8.12. The molecule has 1 saturated heterocycles. The minimum absolute atomic E-state index is 0.0135. The molecule has 2 atom stereocenters. The van der Waals surface area contributed by atoms with E-state index >= 15 is 0 Å².